The van der Waals surface area contributed by atoms with E-state index in [1.165, 1.54) is 11.1 Å². The quantitative estimate of drug-likeness (QED) is 0.300. The maximum atomic E-state index is 11.2. The first-order valence-corrected chi connectivity index (χ1v) is 11.4. The van der Waals surface area contributed by atoms with Crippen molar-refractivity contribution in [2.75, 3.05) is 31.0 Å². The van der Waals surface area contributed by atoms with Crippen molar-refractivity contribution in [2.24, 2.45) is 0 Å². The summed E-state index contributed by atoms with van der Waals surface area (Å²) in [5.74, 6) is 5.36. The summed E-state index contributed by atoms with van der Waals surface area (Å²) in [6.45, 7) is 5.68. The molecule has 4 nitrogen and oxygen atoms in total. The lowest BCUT2D eigenvalue weighted by Gasteiger charge is -2.04. The molecular weight excluding hydrogens is 457 g/mol. The third kappa shape index (κ3) is 13.9. The molecule has 0 saturated carbocycles. The van der Waals surface area contributed by atoms with E-state index in [-0.39, 0.29) is 12.5 Å². The molecule has 0 unspecified atom stereocenters. The molecule has 1 N–H and O–H groups in total. The maximum Gasteiger partial charge on any atom is 0.412 e. The van der Waals surface area contributed by atoms with Gasteiger partial charge in [0.15, 0.2) is 6.61 Å². The lowest BCUT2D eigenvalue weighted by Crippen LogP contribution is -2.13. The number of amides is 1. The van der Waals surface area contributed by atoms with E-state index in [1.54, 1.807) is 24.3 Å². The highest BCUT2D eigenvalue weighted by molar-refractivity contribution is 6.30. The number of nitrogens with one attached hydrogen (secondary N) is 1. The summed E-state index contributed by atoms with van der Waals surface area (Å²) in [6, 6.07) is 27.5. The topological polar surface area (TPSA) is 47.6 Å². The van der Waals surface area contributed by atoms with Gasteiger partial charge < -0.3 is 9.47 Å². The largest absolute Gasteiger partial charge is 0.436 e. The van der Waals surface area contributed by atoms with Crippen molar-refractivity contribution < 1.29 is 14.3 Å². The number of hydrogen-bond donors (Lipinski definition) is 1. The molecule has 6 heteroatoms. The van der Waals surface area contributed by atoms with Gasteiger partial charge in [0.2, 0.25) is 0 Å². The molecule has 0 aliphatic heterocycles. The summed E-state index contributed by atoms with van der Waals surface area (Å²) < 4.78 is 9.60. The zero-order chi connectivity index (χ0) is 24.2. The van der Waals surface area contributed by atoms with Gasteiger partial charge in [-0.1, -0.05) is 90.2 Å². The molecule has 0 spiro atoms. The van der Waals surface area contributed by atoms with Gasteiger partial charge >= 0.3 is 6.09 Å². The average Bonchev–Trinajstić information content (AvgIpc) is 2.84. The van der Waals surface area contributed by atoms with Crippen LogP contribution in [0.1, 0.15) is 13.8 Å². The Morgan fingerprint density at radius 2 is 1.42 bits per heavy atom. The normalized spacial score (nSPS) is 9.09. The van der Waals surface area contributed by atoms with Gasteiger partial charge in [0.1, 0.15) is 0 Å². The highest BCUT2D eigenvalue weighted by Crippen LogP contribution is 2.17. The fourth-order valence-corrected chi connectivity index (χ4v) is 2.67. The summed E-state index contributed by atoms with van der Waals surface area (Å²) in [4.78, 5) is 11.2. The Morgan fingerprint density at radius 1 is 0.848 bits per heavy atom. The third-order valence-electron chi connectivity index (χ3n) is 3.83. The van der Waals surface area contributed by atoms with E-state index in [0.717, 1.165) is 13.2 Å². The molecule has 0 heterocycles. The van der Waals surface area contributed by atoms with Crippen LogP contribution in [0.25, 0.3) is 11.1 Å². The van der Waals surface area contributed by atoms with E-state index >= 15 is 0 Å². The van der Waals surface area contributed by atoms with Crippen LogP contribution in [0.2, 0.25) is 5.02 Å². The van der Waals surface area contributed by atoms with Crippen LogP contribution in [0.5, 0.6) is 0 Å². The summed E-state index contributed by atoms with van der Waals surface area (Å²) in [7, 11) is 0. The third-order valence-corrected chi connectivity index (χ3v) is 4.20. The van der Waals surface area contributed by atoms with E-state index in [2.05, 4.69) is 65.7 Å². The number of hydrogen-bond acceptors (Lipinski definition) is 3. The first kappa shape index (κ1) is 28.1. The zero-order valence-electron chi connectivity index (χ0n) is 18.9. The maximum absolute atomic E-state index is 11.2. The standard InChI is InChI=1S/C12H10.C11H9Cl2NO2.C4H10O/c1-3-7-11(8-4-1)12-9-5-2-6-10-12;12-6-1-2-7-16-11(15)14-10-5-3-4-9(13)8-10;1-3-5-4-2/h1-10H;3-5,8H,6-7H2,(H,14,15);3-4H2,1-2H3. The van der Waals surface area contributed by atoms with E-state index < -0.39 is 6.09 Å². The second-order valence-electron chi connectivity index (χ2n) is 6.21. The van der Waals surface area contributed by atoms with Crippen molar-refractivity contribution in [3.8, 4) is 23.0 Å². The van der Waals surface area contributed by atoms with Gasteiger partial charge in [-0.2, -0.15) is 0 Å². The van der Waals surface area contributed by atoms with Crippen LogP contribution in [-0.4, -0.2) is 31.8 Å². The predicted octanol–water partition coefficient (Wildman–Crippen LogP) is 7.53. The van der Waals surface area contributed by atoms with Gasteiger partial charge in [0.25, 0.3) is 0 Å². The van der Waals surface area contributed by atoms with E-state index in [0.29, 0.717) is 10.7 Å². The molecule has 1 amide bonds. The molecule has 0 aromatic heterocycles. The zero-order valence-corrected chi connectivity index (χ0v) is 20.4. The molecule has 0 atom stereocenters. The number of carbonyl (C=O) groups excluding carboxylic acids is 1. The Balaban J connectivity index is 0.000000281. The van der Waals surface area contributed by atoms with Crippen LogP contribution in [0.4, 0.5) is 10.5 Å². The number of alkyl halides is 1. The summed E-state index contributed by atoms with van der Waals surface area (Å²) in [5, 5.41) is 3.05. The molecule has 0 radical (unpaired) electrons. The second kappa shape index (κ2) is 18.6. The second-order valence-corrected chi connectivity index (χ2v) is 6.92. The lowest BCUT2D eigenvalue weighted by molar-refractivity contribution is 0.162. The molecule has 3 aromatic rings. The first-order chi connectivity index (χ1) is 16.1. The van der Waals surface area contributed by atoms with Gasteiger partial charge in [0, 0.05) is 23.9 Å². The smallest absolute Gasteiger partial charge is 0.412 e. The molecule has 0 aliphatic rings. The van der Waals surface area contributed by atoms with Crippen molar-refractivity contribution in [2.45, 2.75) is 13.8 Å². The van der Waals surface area contributed by atoms with Crippen LogP contribution < -0.4 is 5.32 Å². The van der Waals surface area contributed by atoms with Crippen molar-refractivity contribution in [3.63, 3.8) is 0 Å². The fraction of sp³-hybridized carbons (Fsp3) is 0.222. The Morgan fingerprint density at radius 3 is 1.88 bits per heavy atom. The number of anilines is 1. The molecule has 0 saturated heterocycles. The Hall–Kier alpha value is -2.97. The molecule has 33 heavy (non-hydrogen) atoms. The van der Waals surface area contributed by atoms with Crippen LogP contribution in [-0.2, 0) is 9.47 Å². The average molecular weight is 486 g/mol. The van der Waals surface area contributed by atoms with Crippen LogP contribution >= 0.6 is 23.2 Å². The number of halogens is 2. The highest BCUT2D eigenvalue weighted by atomic mass is 35.5. The van der Waals surface area contributed by atoms with Gasteiger partial charge in [-0.3, -0.25) is 5.32 Å². The molecule has 3 rings (SSSR count). The van der Waals surface area contributed by atoms with Crippen molar-refractivity contribution in [1.29, 1.82) is 0 Å². The van der Waals surface area contributed by atoms with Crippen molar-refractivity contribution in [1.82, 2.24) is 0 Å². The van der Waals surface area contributed by atoms with E-state index in [9.17, 15) is 4.79 Å². The van der Waals surface area contributed by atoms with Gasteiger partial charge in [-0.15, -0.1) is 11.6 Å². The molecule has 0 aliphatic carbocycles. The molecule has 0 fully saturated rings. The number of benzene rings is 3. The minimum atomic E-state index is -0.578. The Kier molecular flexibility index (Phi) is 15.8. The fourth-order valence-electron chi connectivity index (χ4n) is 2.39. The number of carbonyl (C=O) groups is 1. The number of rotatable bonds is 5. The predicted molar refractivity (Wildman–Crippen MR) is 139 cm³/mol. The molecule has 0 bridgehead atoms. The number of ether oxygens (including phenoxy) is 2. The van der Waals surface area contributed by atoms with Crippen LogP contribution in [0, 0.1) is 11.8 Å². The Bertz CT molecular complexity index is 931. The van der Waals surface area contributed by atoms with E-state index in [1.807, 2.05) is 26.0 Å². The monoisotopic (exact) mass is 485 g/mol. The van der Waals surface area contributed by atoms with Gasteiger partial charge in [-0.25, -0.2) is 4.79 Å². The van der Waals surface area contributed by atoms with Crippen molar-refractivity contribution in [3.05, 3.63) is 90.0 Å². The lowest BCUT2D eigenvalue weighted by atomic mass is 10.1. The molecular formula is C27H29Cl2NO3. The summed E-state index contributed by atoms with van der Waals surface area (Å²) >= 11 is 11.1. The van der Waals surface area contributed by atoms with Gasteiger partial charge in [-0.05, 0) is 43.2 Å². The SMILES string of the molecule is CCOCC.O=C(Nc1cccc(Cl)c1)OCC#CCCl.c1ccc(-c2ccccc2)cc1. The first-order valence-electron chi connectivity index (χ1n) is 10.5. The van der Waals surface area contributed by atoms with E-state index in [4.69, 9.17) is 32.7 Å². The molecule has 3 aromatic carbocycles. The van der Waals surface area contributed by atoms with Crippen LogP contribution in [0.3, 0.4) is 0 Å². The molecule has 174 valence electrons. The minimum absolute atomic E-state index is 0.0130. The minimum Gasteiger partial charge on any atom is -0.436 e. The van der Waals surface area contributed by atoms with Gasteiger partial charge in [0.05, 0.1) is 5.88 Å². The summed E-state index contributed by atoms with van der Waals surface area (Å²) in [6.07, 6.45) is -0.578. The van der Waals surface area contributed by atoms with Crippen LogP contribution in [0.15, 0.2) is 84.9 Å². The van der Waals surface area contributed by atoms with Crippen molar-refractivity contribution >= 4 is 35.0 Å². The summed E-state index contributed by atoms with van der Waals surface area (Å²) in [5.41, 5.74) is 3.12. The highest BCUT2D eigenvalue weighted by Gasteiger charge is 2.01. The Labute approximate surface area is 206 Å².